The molecule has 0 amide bonds. The van der Waals surface area contributed by atoms with E-state index in [0.29, 0.717) is 0 Å². The molecule has 3 aromatic rings. The van der Waals surface area contributed by atoms with Crippen LogP contribution in [-0.4, -0.2) is 17.7 Å². The summed E-state index contributed by atoms with van der Waals surface area (Å²) in [5, 5.41) is 3.23. The summed E-state index contributed by atoms with van der Waals surface area (Å²) < 4.78 is 1.84. The molecule has 0 unspecified atom stereocenters. The van der Waals surface area contributed by atoms with Gasteiger partial charge in [0.15, 0.2) is 17.0 Å². The molecule has 0 aliphatic carbocycles. The van der Waals surface area contributed by atoms with Gasteiger partial charge in [0, 0.05) is 5.69 Å². The van der Waals surface area contributed by atoms with Gasteiger partial charge in [-0.1, -0.05) is 18.2 Å². The summed E-state index contributed by atoms with van der Waals surface area (Å²) in [6.07, 6.45) is 3.25. The minimum Gasteiger partial charge on any atom is -0.338 e. The van der Waals surface area contributed by atoms with Gasteiger partial charge in [0.25, 0.3) is 0 Å². The molecule has 0 radical (unpaired) electrons. The first-order chi connectivity index (χ1) is 8.34. The molecule has 2 aromatic heterocycles. The van der Waals surface area contributed by atoms with Crippen molar-refractivity contribution in [2.24, 2.45) is 0 Å². The Labute approximate surface area is 111 Å². The number of fused-ring (bicyclic) bond motifs is 1. The van der Waals surface area contributed by atoms with Crippen LogP contribution in [0.5, 0.6) is 0 Å². The fourth-order valence-corrected chi connectivity index (χ4v) is 2.04. The number of hydrogen-bond acceptors (Lipinski definition) is 4. The Hall–Kier alpha value is -1.70. The zero-order chi connectivity index (χ0) is 11.7. The lowest BCUT2D eigenvalue weighted by Gasteiger charge is -2.04. The van der Waals surface area contributed by atoms with Crippen molar-refractivity contribution in [3.8, 4) is 0 Å². The summed E-state index contributed by atoms with van der Waals surface area (Å²) in [6.45, 7) is 0. The van der Waals surface area contributed by atoms with Gasteiger partial charge in [0.2, 0.25) is 0 Å². The van der Waals surface area contributed by atoms with E-state index in [4.69, 9.17) is 0 Å². The Morgan fingerprint density at radius 2 is 1.88 bits per heavy atom. The maximum absolute atomic E-state index is 4.28. The minimum absolute atomic E-state index is 0.719. The third kappa shape index (κ3) is 1.95. The third-order valence-corrected chi connectivity index (χ3v) is 3.04. The lowest BCUT2D eigenvalue weighted by Crippen LogP contribution is -1.95. The zero-order valence-corrected chi connectivity index (χ0v) is 10.9. The lowest BCUT2D eigenvalue weighted by molar-refractivity contribution is 1.19. The van der Waals surface area contributed by atoms with Crippen molar-refractivity contribution >= 4 is 45.5 Å². The number of rotatable bonds is 2. The van der Waals surface area contributed by atoms with Crippen molar-refractivity contribution in [1.82, 2.24) is 17.7 Å². The molecule has 0 atom stereocenters. The standard InChI is InChI=1S/C11H8IN5/c12-17-7-15-9-10(13-6-14-11(9)17)16-8-4-2-1-3-5-8/h1-7H,(H,13,14,16). The summed E-state index contributed by atoms with van der Waals surface area (Å²) in [5.74, 6) is 0.719. The molecular weight excluding hydrogens is 329 g/mol. The molecule has 2 heterocycles. The number of halogens is 1. The highest BCUT2D eigenvalue weighted by molar-refractivity contribution is 14.1. The van der Waals surface area contributed by atoms with E-state index in [1.54, 1.807) is 6.33 Å². The topological polar surface area (TPSA) is 55.6 Å². The fraction of sp³-hybridized carbons (Fsp3) is 0. The van der Waals surface area contributed by atoms with Crippen LogP contribution in [0.25, 0.3) is 11.2 Å². The highest BCUT2D eigenvalue weighted by Gasteiger charge is 2.08. The normalized spacial score (nSPS) is 10.6. The van der Waals surface area contributed by atoms with Crippen molar-refractivity contribution < 1.29 is 0 Å². The second-order valence-electron chi connectivity index (χ2n) is 3.44. The van der Waals surface area contributed by atoms with E-state index in [1.165, 1.54) is 6.33 Å². The van der Waals surface area contributed by atoms with E-state index in [2.05, 4.69) is 43.1 Å². The second kappa shape index (κ2) is 4.28. The average Bonchev–Trinajstić information content (AvgIpc) is 2.74. The molecule has 3 rings (SSSR count). The SMILES string of the molecule is In1cnc2c(Nc3ccccc3)ncnc21. The van der Waals surface area contributed by atoms with Gasteiger partial charge in [-0.25, -0.2) is 15.0 Å². The summed E-state index contributed by atoms with van der Waals surface area (Å²) in [6, 6.07) is 9.87. The van der Waals surface area contributed by atoms with Gasteiger partial charge in [-0.05, 0) is 12.1 Å². The number of nitrogens with zero attached hydrogens (tertiary/aromatic N) is 4. The molecule has 1 N–H and O–H groups in total. The Morgan fingerprint density at radius 1 is 1.06 bits per heavy atom. The van der Waals surface area contributed by atoms with E-state index >= 15 is 0 Å². The van der Waals surface area contributed by atoms with Gasteiger partial charge < -0.3 is 5.32 Å². The van der Waals surface area contributed by atoms with Crippen molar-refractivity contribution in [3.63, 3.8) is 0 Å². The Morgan fingerprint density at radius 3 is 2.71 bits per heavy atom. The minimum atomic E-state index is 0.719. The highest BCUT2D eigenvalue weighted by Crippen LogP contribution is 2.22. The van der Waals surface area contributed by atoms with Crippen LogP contribution in [0.15, 0.2) is 43.0 Å². The first-order valence-corrected chi connectivity index (χ1v) is 5.97. The van der Waals surface area contributed by atoms with E-state index in [0.717, 1.165) is 22.7 Å². The predicted molar refractivity (Wildman–Crippen MR) is 74.5 cm³/mol. The Bertz CT molecular complexity index is 649. The maximum Gasteiger partial charge on any atom is 0.174 e. The van der Waals surface area contributed by atoms with Crippen molar-refractivity contribution in [2.45, 2.75) is 0 Å². The van der Waals surface area contributed by atoms with E-state index in [9.17, 15) is 0 Å². The Balaban J connectivity index is 2.06. The molecule has 0 aliphatic rings. The van der Waals surface area contributed by atoms with Crippen LogP contribution in [0.3, 0.4) is 0 Å². The van der Waals surface area contributed by atoms with Crippen molar-refractivity contribution in [3.05, 3.63) is 43.0 Å². The van der Waals surface area contributed by atoms with E-state index in [1.807, 2.05) is 33.1 Å². The van der Waals surface area contributed by atoms with Crippen LogP contribution in [0, 0.1) is 0 Å². The van der Waals surface area contributed by atoms with Crippen LogP contribution >= 0.6 is 22.9 Å². The van der Waals surface area contributed by atoms with Crippen molar-refractivity contribution in [1.29, 1.82) is 0 Å². The van der Waals surface area contributed by atoms with Gasteiger partial charge in [-0.15, -0.1) is 0 Å². The van der Waals surface area contributed by atoms with Gasteiger partial charge in [-0.2, -0.15) is 0 Å². The molecule has 0 aliphatic heterocycles. The molecule has 6 heteroatoms. The largest absolute Gasteiger partial charge is 0.338 e. The fourth-order valence-electron chi connectivity index (χ4n) is 1.56. The molecule has 0 saturated heterocycles. The van der Waals surface area contributed by atoms with Crippen LogP contribution in [0.1, 0.15) is 0 Å². The molecule has 0 fully saturated rings. The lowest BCUT2D eigenvalue weighted by atomic mass is 10.3. The predicted octanol–water partition coefficient (Wildman–Crippen LogP) is 2.77. The number of aromatic nitrogens is 4. The number of para-hydroxylation sites is 1. The molecule has 0 spiro atoms. The zero-order valence-electron chi connectivity index (χ0n) is 8.71. The smallest absolute Gasteiger partial charge is 0.174 e. The molecule has 0 saturated carbocycles. The summed E-state index contributed by atoms with van der Waals surface area (Å²) >= 11 is 2.14. The first-order valence-electron chi connectivity index (χ1n) is 5.01. The van der Waals surface area contributed by atoms with Crippen molar-refractivity contribution in [2.75, 3.05) is 5.32 Å². The molecular formula is C11H8IN5. The van der Waals surface area contributed by atoms with Crippen LogP contribution < -0.4 is 5.32 Å². The number of nitrogens with one attached hydrogen (secondary N) is 1. The average molecular weight is 337 g/mol. The Kier molecular flexibility index (Phi) is 2.63. The van der Waals surface area contributed by atoms with Gasteiger partial charge >= 0.3 is 0 Å². The van der Waals surface area contributed by atoms with Crippen LogP contribution in [-0.2, 0) is 0 Å². The number of hydrogen-bond donors (Lipinski definition) is 1. The number of imidazole rings is 1. The highest BCUT2D eigenvalue weighted by atomic mass is 127. The van der Waals surface area contributed by atoms with Gasteiger partial charge in [0.05, 0.1) is 22.9 Å². The number of benzene rings is 1. The third-order valence-electron chi connectivity index (χ3n) is 2.33. The van der Waals surface area contributed by atoms with Gasteiger partial charge in [-0.3, -0.25) is 2.78 Å². The van der Waals surface area contributed by atoms with Gasteiger partial charge in [0.1, 0.15) is 12.7 Å². The first kappa shape index (κ1) is 10.5. The van der Waals surface area contributed by atoms with Crippen LogP contribution in [0.2, 0.25) is 0 Å². The number of anilines is 2. The molecule has 17 heavy (non-hydrogen) atoms. The van der Waals surface area contributed by atoms with Crippen LogP contribution in [0.4, 0.5) is 11.5 Å². The second-order valence-corrected chi connectivity index (χ2v) is 4.48. The summed E-state index contributed by atoms with van der Waals surface area (Å²) in [4.78, 5) is 12.7. The summed E-state index contributed by atoms with van der Waals surface area (Å²) in [5.41, 5.74) is 2.56. The van der Waals surface area contributed by atoms with E-state index in [-0.39, 0.29) is 0 Å². The molecule has 5 nitrogen and oxygen atoms in total. The van der Waals surface area contributed by atoms with E-state index < -0.39 is 0 Å². The summed E-state index contributed by atoms with van der Waals surface area (Å²) in [7, 11) is 0. The quantitative estimate of drug-likeness (QED) is 0.731. The maximum atomic E-state index is 4.28. The molecule has 0 bridgehead atoms. The molecule has 84 valence electrons. The molecule has 1 aromatic carbocycles. The monoisotopic (exact) mass is 337 g/mol.